The van der Waals surface area contributed by atoms with Crippen LogP contribution in [-0.4, -0.2) is 35.6 Å². The largest absolute Gasteiger partial charge is 0.387 e. The minimum Gasteiger partial charge on any atom is -0.387 e. The molecule has 2 atom stereocenters. The molecule has 1 aliphatic carbocycles. The monoisotopic (exact) mass is 458 g/mol. The summed E-state index contributed by atoms with van der Waals surface area (Å²) in [7, 11) is 1.95. The first-order valence-corrected chi connectivity index (χ1v) is 11.1. The summed E-state index contributed by atoms with van der Waals surface area (Å²) < 4.78 is 27.2. The number of nitrogens with one attached hydrogen (secondary N) is 1. The molecule has 0 bridgehead atoms. The quantitative estimate of drug-likeness (QED) is 0.532. The molecule has 9 heteroatoms. The number of pyridine rings is 1. The van der Waals surface area contributed by atoms with Crippen LogP contribution >= 0.6 is 11.3 Å². The van der Waals surface area contributed by atoms with Crippen molar-refractivity contribution in [1.82, 2.24) is 9.97 Å². The minimum absolute atomic E-state index is 0.0690. The van der Waals surface area contributed by atoms with E-state index in [9.17, 15) is 18.4 Å². The third-order valence-electron chi connectivity index (χ3n) is 5.34. The summed E-state index contributed by atoms with van der Waals surface area (Å²) in [5.41, 5.74) is 8.25. The van der Waals surface area contributed by atoms with Crippen molar-refractivity contribution < 1.29 is 18.4 Å². The second-order valence-electron chi connectivity index (χ2n) is 7.51. The second kappa shape index (κ2) is 11.0. The van der Waals surface area contributed by atoms with E-state index in [0.717, 1.165) is 35.6 Å². The van der Waals surface area contributed by atoms with Gasteiger partial charge in [0.2, 0.25) is 0 Å². The van der Waals surface area contributed by atoms with Gasteiger partial charge in [0.1, 0.15) is 28.6 Å². The van der Waals surface area contributed by atoms with Gasteiger partial charge in [-0.25, -0.2) is 13.8 Å². The van der Waals surface area contributed by atoms with E-state index in [4.69, 9.17) is 5.73 Å². The fourth-order valence-corrected chi connectivity index (χ4v) is 4.61. The predicted octanol–water partition coefficient (Wildman–Crippen LogP) is 4.82. The lowest BCUT2D eigenvalue weighted by molar-refractivity contribution is 0.111. The van der Waals surface area contributed by atoms with Crippen molar-refractivity contribution in [3.63, 3.8) is 0 Å². The van der Waals surface area contributed by atoms with Crippen LogP contribution in [0.15, 0.2) is 36.0 Å². The molecule has 1 fully saturated rings. The number of carbonyl (C=O) groups excluding carboxylic acids is 2. The molecular weight excluding hydrogens is 434 g/mol. The number of hydrogen-bond donors (Lipinski definition) is 2. The van der Waals surface area contributed by atoms with Crippen molar-refractivity contribution in [2.75, 3.05) is 12.4 Å². The number of thiazole rings is 1. The van der Waals surface area contributed by atoms with Crippen LogP contribution in [0.4, 0.5) is 14.5 Å². The van der Waals surface area contributed by atoms with Crippen LogP contribution in [0.1, 0.15) is 58.0 Å². The molecule has 1 saturated carbocycles. The van der Waals surface area contributed by atoms with E-state index >= 15 is 0 Å². The summed E-state index contributed by atoms with van der Waals surface area (Å²) in [6.07, 6.45) is 9.41. The molecular formula is C23H24F2N4O2S. The van der Waals surface area contributed by atoms with Crippen LogP contribution in [-0.2, 0) is 0 Å². The van der Waals surface area contributed by atoms with Gasteiger partial charge >= 0.3 is 0 Å². The first kappa shape index (κ1) is 23.6. The Bertz CT molecular complexity index is 1070. The first-order chi connectivity index (χ1) is 15.5. The SMILES string of the molecule is CNc1cnccc1C1CCCC(N)C1.O=Cc1cc(F)c(-c2nc(C=O)cs2)c(F)c1. The number of aromatic nitrogens is 2. The lowest BCUT2D eigenvalue weighted by Crippen LogP contribution is -2.27. The smallest absolute Gasteiger partial charge is 0.169 e. The Hall–Kier alpha value is -3.04. The summed E-state index contributed by atoms with van der Waals surface area (Å²) in [4.78, 5) is 28.7. The molecule has 0 saturated heterocycles. The molecule has 1 aliphatic rings. The number of benzene rings is 1. The third-order valence-corrected chi connectivity index (χ3v) is 6.21. The Morgan fingerprint density at radius 3 is 2.53 bits per heavy atom. The Morgan fingerprint density at radius 1 is 1.19 bits per heavy atom. The summed E-state index contributed by atoms with van der Waals surface area (Å²) in [6.45, 7) is 0. The summed E-state index contributed by atoms with van der Waals surface area (Å²) in [5, 5.41) is 4.67. The average Bonchev–Trinajstić information content (AvgIpc) is 3.27. The van der Waals surface area contributed by atoms with Gasteiger partial charge in [0.25, 0.3) is 0 Å². The molecule has 0 amide bonds. The molecule has 0 aliphatic heterocycles. The molecule has 0 radical (unpaired) electrons. The summed E-state index contributed by atoms with van der Waals surface area (Å²) in [6, 6.07) is 4.34. The lowest BCUT2D eigenvalue weighted by Gasteiger charge is -2.28. The first-order valence-electron chi connectivity index (χ1n) is 10.2. The molecule has 3 N–H and O–H groups in total. The molecule has 6 nitrogen and oxygen atoms in total. The number of aldehydes is 2. The number of nitrogens with zero attached hydrogens (tertiary/aromatic N) is 2. The third kappa shape index (κ3) is 5.60. The van der Waals surface area contributed by atoms with Gasteiger partial charge in [0, 0.05) is 30.2 Å². The predicted molar refractivity (Wildman–Crippen MR) is 121 cm³/mol. The zero-order valence-corrected chi connectivity index (χ0v) is 18.4. The average molecular weight is 459 g/mol. The maximum absolute atomic E-state index is 13.6. The van der Waals surface area contributed by atoms with Crippen molar-refractivity contribution >= 4 is 29.6 Å². The van der Waals surface area contributed by atoms with Crippen LogP contribution in [0.25, 0.3) is 10.6 Å². The topological polar surface area (TPSA) is 98.0 Å². The Balaban J connectivity index is 0.000000182. The van der Waals surface area contributed by atoms with E-state index in [2.05, 4.69) is 21.4 Å². The van der Waals surface area contributed by atoms with Crippen molar-refractivity contribution in [2.24, 2.45) is 5.73 Å². The van der Waals surface area contributed by atoms with Crippen molar-refractivity contribution in [3.05, 3.63) is 64.4 Å². The van der Waals surface area contributed by atoms with Crippen LogP contribution in [0.2, 0.25) is 0 Å². The molecule has 0 spiro atoms. The van der Waals surface area contributed by atoms with E-state index in [1.807, 2.05) is 19.4 Å². The highest BCUT2D eigenvalue weighted by Gasteiger charge is 2.22. The van der Waals surface area contributed by atoms with Crippen LogP contribution < -0.4 is 11.1 Å². The molecule has 4 rings (SSSR count). The van der Waals surface area contributed by atoms with Gasteiger partial charge in [-0.15, -0.1) is 11.3 Å². The Morgan fingerprint density at radius 2 is 1.94 bits per heavy atom. The van der Waals surface area contributed by atoms with E-state index in [1.54, 1.807) is 0 Å². The molecule has 2 aromatic heterocycles. The second-order valence-corrected chi connectivity index (χ2v) is 8.37. The molecule has 1 aromatic carbocycles. The van der Waals surface area contributed by atoms with Crippen molar-refractivity contribution in [2.45, 2.75) is 37.6 Å². The van der Waals surface area contributed by atoms with Gasteiger partial charge in [0.15, 0.2) is 6.29 Å². The van der Waals surface area contributed by atoms with Crippen LogP contribution in [0, 0.1) is 11.6 Å². The zero-order chi connectivity index (χ0) is 23.1. The lowest BCUT2D eigenvalue weighted by atomic mass is 9.81. The highest BCUT2D eigenvalue weighted by Crippen LogP contribution is 2.35. The van der Waals surface area contributed by atoms with Gasteiger partial charge in [-0.3, -0.25) is 14.6 Å². The van der Waals surface area contributed by atoms with E-state index in [-0.39, 0.29) is 21.8 Å². The van der Waals surface area contributed by atoms with Gasteiger partial charge in [-0.1, -0.05) is 6.42 Å². The minimum atomic E-state index is -0.876. The maximum Gasteiger partial charge on any atom is 0.169 e. The van der Waals surface area contributed by atoms with Gasteiger partial charge < -0.3 is 11.1 Å². The van der Waals surface area contributed by atoms with E-state index < -0.39 is 11.6 Å². The molecule has 2 unspecified atom stereocenters. The van der Waals surface area contributed by atoms with Gasteiger partial charge in [0.05, 0.1) is 17.4 Å². The van der Waals surface area contributed by atoms with Crippen LogP contribution in [0.5, 0.6) is 0 Å². The molecule has 168 valence electrons. The van der Waals surface area contributed by atoms with Gasteiger partial charge in [-0.05, 0) is 48.9 Å². The number of rotatable bonds is 5. The zero-order valence-electron chi connectivity index (χ0n) is 17.6. The summed E-state index contributed by atoms with van der Waals surface area (Å²) in [5.74, 6) is -1.14. The molecule has 3 aromatic rings. The maximum atomic E-state index is 13.6. The summed E-state index contributed by atoms with van der Waals surface area (Å²) >= 11 is 0.958. The Kier molecular flexibility index (Phi) is 8.13. The standard InChI is InChI=1S/C12H19N3.C11H5F2NO2S/c1-14-12-8-15-6-5-11(12)9-3-2-4-10(13)7-9;12-8-1-6(3-15)2-9(13)10(8)11-14-7(4-16)5-17-11/h5-6,8-10,14H,2-4,7,13H2,1H3;1-5H. The van der Waals surface area contributed by atoms with Crippen molar-refractivity contribution in [3.8, 4) is 10.6 Å². The number of nitrogens with two attached hydrogens (primary N) is 1. The number of hydrogen-bond acceptors (Lipinski definition) is 7. The number of anilines is 1. The Labute approximate surface area is 188 Å². The number of halogens is 2. The highest BCUT2D eigenvalue weighted by atomic mass is 32.1. The molecule has 2 heterocycles. The fraction of sp³-hybridized carbons (Fsp3) is 0.304. The molecule has 32 heavy (non-hydrogen) atoms. The van der Waals surface area contributed by atoms with E-state index in [1.165, 1.54) is 30.2 Å². The van der Waals surface area contributed by atoms with E-state index in [0.29, 0.717) is 24.5 Å². The van der Waals surface area contributed by atoms with Gasteiger partial charge in [-0.2, -0.15) is 0 Å². The highest BCUT2D eigenvalue weighted by molar-refractivity contribution is 7.13. The normalized spacial score (nSPS) is 17.8. The van der Waals surface area contributed by atoms with Crippen molar-refractivity contribution in [1.29, 1.82) is 0 Å². The van der Waals surface area contributed by atoms with Crippen LogP contribution in [0.3, 0.4) is 0 Å². The fourth-order valence-electron chi connectivity index (χ4n) is 3.80. The number of carbonyl (C=O) groups is 2.